The van der Waals surface area contributed by atoms with E-state index in [4.69, 9.17) is 0 Å². The molecule has 0 heterocycles. The molecule has 0 heteroatoms. The maximum absolute atomic E-state index is 3.78. The van der Waals surface area contributed by atoms with Crippen molar-refractivity contribution in [2.45, 2.75) is 6.42 Å². The molecule has 3 aromatic rings. The summed E-state index contributed by atoms with van der Waals surface area (Å²) in [7, 11) is 0. The lowest BCUT2D eigenvalue weighted by Gasteiger charge is -2.06. The first-order valence-corrected chi connectivity index (χ1v) is 7.22. The molecule has 0 fully saturated rings. The molecule has 0 aromatic heterocycles. The van der Waals surface area contributed by atoms with Crippen molar-refractivity contribution in [3.8, 4) is 22.3 Å². The van der Waals surface area contributed by atoms with Crippen LogP contribution in [0, 0.1) is 0 Å². The number of benzene rings is 3. The van der Waals surface area contributed by atoms with Crippen LogP contribution < -0.4 is 0 Å². The summed E-state index contributed by atoms with van der Waals surface area (Å²) >= 11 is 0. The van der Waals surface area contributed by atoms with Crippen molar-refractivity contribution in [2.75, 3.05) is 0 Å². The van der Waals surface area contributed by atoms with Gasteiger partial charge in [-0.2, -0.15) is 0 Å². The molecule has 0 aliphatic heterocycles. The summed E-state index contributed by atoms with van der Waals surface area (Å²) in [5, 5.41) is 0. The van der Waals surface area contributed by atoms with Crippen molar-refractivity contribution in [3.05, 3.63) is 97.1 Å². The molecule has 0 nitrogen and oxygen atoms in total. The molecule has 0 spiro atoms. The summed E-state index contributed by atoms with van der Waals surface area (Å²) in [6, 6.07) is 27.9. The lowest BCUT2D eigenvalue weighted by molar-refractivity contribution is 1.28. The van der Waals surface area contributed by atoms with E-state index < -0.39 is 0 Å². The quantitative estimate of drug-likeness (QED) is 0.529. The van der Waals surface area contributed by atoms with Gasteiger partial charge in [0.15, 0.2) is 0 Å². The van der Waals surface area contributed by atoms with Gasteiger partial charge in [0.2, 0.25) is 0 Å². The van der Waals surface area contributed by atoms with Crippen molar-refractivity contribution in [1.82, 2.24) is 0 Å². The summed E-state index contributed by atoms with van der Waals surface area (Å²) in [4.78, 5) is 0. The Hall–Kier alpha value is -2.60. The zero-order valence-corrected chi connectivity index (χ0v) is 12.0. The van der Waals surface area contributed by atoms with Crippen LogP contribution in [0.25, 0.3) is 22.3 Å². The van der Waals surface area contributed by atoms with Gasteiger partial charge in [0.1, 0.15) is 0 Å². The Labute approximate surface area is 126 Å². The van der Waals surface area contributed by atoms with Crippen molar-refractivity contribution in [1.29, 1.82) is 0 Å². The van der Waals surface area contributed by atoms with Gasteiger partial charge in [0, 0.05) is 0 Å². The lowest BCUT2D eigenvalue weighted by Crippen LogP contribution is -1.83. The molecule has 0 saturated carbocycles. The molecule has 0 radical (unpaired) electrons. The first-order valence-electron chi connectivity index (χ1n) is 7.22. The maximum Gasteiger partial charge on any atom is -0.0100 e. The Balaban J connectivity index is 1.85. The van der Waals surface area contributed by atoms with E-state index in [1.807, 2.05) is 12.1 Å². The van der Waals surface area contributed by atoms with Gasteiger partial charge < -0.3 is 0 Å². The number of rotatable bonds is 4. The minimum absolute atomic E-state index is 0.924. The fraction of sp³-hybridized carbons (Fsp3) is 0.0476. The van der Waals surface area contributed by atoms with Crippen molar-refractivity contribution in [2.24, 2.45) is 0 Å². The number of hydrogen-bond donors (Lipinski definition) is 0. The lowest BCUT2D eigenvalue weighted by atomic mass is 9.99. The standard InChI is InChI=1S/C21H18/c1-2-6-17-9-11-19(12-10-17)21-15-13-20(14-16-21)18-7-4-3-5-8-18/h2-5,7-16H,1,6H2. The van der Waals surface area contributed by atoms with Crippen LogP contribution in [-0.2, 0) is 6.42 Å². The van der Waals surface area contributed by atoms with E-state index in [0.717, 1.165) is 6.42 Å². The van der Waals surface area contributed by atoms with Gasteiger partial charge in [-0.05, 0) is 34.2 Å². The number of hydrogen-bond acceptors (Lipinski definition) is 0. The van der Waals surface area contributed by atoms with E-state index in [1.165, 1.54) is 27.8 Å². The third-order valence-electron chi connectivity index (χ3n) is 3.66. The molecule has 0 unspecified atom stereocenters. The molecule has 0 atom stereocenters. The molecule has 0 bridgehead atoms. The van der Waals surface area contributed by atoms with Crippen molar-refractivity contribution in [3.63, 3.8) is 0 Å². The summed E-state index contributed by atoms with van der Waals surface area (Å²) in [5.41, 5.74) is 6.31. The second-order valence-electron chi connectivity index (χ2n) is 5.13. The highest BCUT2D eigenvalue weighted by Gasteiger charge is 2.00. The Morgan fingerprint density at radius 3 is 1.48 bits per heavy atom. The molecule has 0 N–H and O–H groups in total. The third kappa shape index (κ3) is 3.11. The summed E-state index contributed by atoms with van der Waals surface area (Å²) in [5.74, 6) is 0. The molecule has 102 valence electrons. The molecular weight excluding hydrogens is 252 g/mol. The second-order valence-corrected chi connectivity index (χ2v) is 5.13. The summed E-state index contributed by atoms with van der Waals surface area (Å²) < 4.78 is 0. The van der Waals surface area contributed by atoms with Gasteiger partial charge in [-0.1, -0.05) is 84.9 Å². The van der Waals surface area contributed by atoms with Crippen molar-refractivity contribution < 1.29 is 0 Å². The third-order valence-corrected chi connectivity index (χ3v) is 3.66. The van der Waals surface area contributed by atoms with Crippen LogP contribution in [0.15, 0.2) is 91.5 Å². The van der Waals surface area contributed by atoms with Crippen LogP contribution in [0.3, 0.4) is 0 Å². The predicted octanol–water partition coefficient (Wildman–Crippen LogP) is 5.75. The van der Waals surface area contributed by atoms with Crippen LogP contribution in [0.4, 0.5) is 0 Å². The topological polar surface area (TPSA) is 0 Å². The molecule has 0 amide bonds. The molecule has 3 aromatic carbocycles. The Kier molecular flexibility index (Phi) is 3.97. The molecular formula is C21H18. The van der Waals surface area contributed by atoms with E-state index in [-0.39, 0.29) is 0 Å². The van der Waals surface area contributed by atoms with E-state index in [2.05, 4.69) is 79.4 Å². The van der Waals surface area contributed by atoms with Crippen molar-refractivity contribution >= 4 is 0 Å². The zero-order valence-electron chi connectivity index (χ0n) is 12.0. The summed E-state index contributed by atoms with van der Waals surface area (Å²) in [6.07, 6.45) is 2.86. The summed E-state index contributed by atoms with van der Waals surface area (Å²) in [6.45, 7) is 3.78. The highest BCUT2D eigenvalue weighted by molar-refractivity contribution is 5.70. The van der Waals surface area contributed by atoms with Crippen LogP contribution in [-0.4, -0.2) is 0 Å². The average Bonchev–Trinajstić information content (AvgIpc) is 2.57. The van der Waals surface area contributed by atoms with Gasteiger partial charge in [0.05, 0.1) is 0 Å². The fourth-order valence-electron chi connectivity index (χ4n) is 2.49. The van der Waals surface area contributed by atoms with Gasteiger partial charge in [0.25, 0.3) is 0 Å². The maximum atomic E-state index is 3.78. The van der Waals surface area contributed by atoms with E-state index in [9.17, 15) is 0 Å². The highest BCUT2D eigenvalue weighted by Crippen LogP contribution is 2.25. The van der Waals surface area contributed by atoms with Crippen LogP contribution in [0.1, 0.15) is 5.56 Å². The Morgan fingerprint density at radius 1 is 0.571 bits per heavy atom. The van der Waals surface area contributed by atoms with Gasteiger partial charge in [-0.15, -0.1) is 6.58 Å². The smallest absolute Gasteiger partial charge is 0.0100 e. The van der Waals surface area contributed by atoms with Gasteiger partial charge in [-0.3, -0.25) is 0 Å². The van der Waals surface area contributed by atoms with Gasteiger partial charge in [-0.25, -0.2) is 0 Å². The first kappa shape index (κ1) is 13.4. The first-order chi connectivity index (χ1) is 10.4. The fourth-order valence-corrected chi connectivity index (χ4v) is 2.49. The Bertz CT molecular complexity index is 704. The molecule has 21 heavy (non-hydrogen) atoms. The zero-order chi connectivity index (χ0) is 14.5. The monoisotopic (exact) mass is 270 g/mol. The number of allylic oxidation sites excluding steroid dienone is 1. The predicted molar refractivity (Wildman–Crippen MR) is 91.2 cm³/mol. The SMILES string of the molecule is C=CCc1ccc(-c2ccc(-c3ccccc3)cc2)cc1. The molecule has 0 aliphatic rings. The molecule has 0 saturated heterocycles. The largest absolute Gasteiger partial charge is 0.103 e. The van der Waals surface area contributed by atoms with Gasteiger partial charge >= 0.3 is 0 Å². The van der Waals surface area contributed by atoms with Crippen LogP contribution in [0.2, 0.25) is 0 Å². The second kappa shape index (κ2) is 6.23. The van der Waals surface area contributed by atoms with E-state index >= 15 is 0 Å². The molecule has 0 aliphatic carbocycles. The minimum atomic E-state index is 0.924. The highest BCUT2D eigenvalue weighted by atomic mass is 14.0. The molecule has 3 rings (SSSR count). The average molecular weight is 270 g/mol. The van der Waals surface area contributed by atoms with Crippen LogP contribution >= 0.6 is 0 Å². The normalized spacial score (nSPS) is 10.3. The Morgan fingerprint density at radius 2 is 1.00 bits per heavy atom. The van der Waals surface area contributed by atoms with Crippen LogP contribution in [0.5, 0.6) is 0 Å². The minimum Gasteiger partial charge on any atom is -0.103 e. The van der Waals surface area contributed by atoms with E-state index in [1.54, 1.807) is 0 Å². The van der Waals surface area contributed by atoms with E-state index in [0.29, 0.717) is 0 Å².